The summed E-state index contributed by atoms with van der Waals surface area (Å²) in [5.41, 5.74) is 3.19. The molecule has 0 unspecified atom stereocenters. The summed E-state index contributed by atoms with van der Waals surface area (Å²) in [6, 6.07) is 12.4. The minimum Gasteiger partial charge on any atom is -0.493 e. The van der Waals surface area contributed by atoms with Gasteiger partial charge in [-0.25, -0.2) is 5.43 Å². The van der Waals surface area contributed by atoms with E-state index in [2.05, 4.69) is 17.5 Å². The molecule has 0 fully saturated rings. The Kier molecular flexibility index (Phi) is 9.86. The number of hydrazone groups is 1. The summed E-state index contributed by atoms with van der Waals surface area (Å²) in [6.45, 7) is 2.65. The number of nitrogens with zero attached hydrogens (tertiary/aromatic N) is 1. The van der Waals surface area contributed by atoms with Gasteiger partial charge in [-0.05, 0) is 42.3 Å². The SMILES string of the molecule is CCCCCCOc1ccc(/C=N/NC(=O)COc2ccccc2Cl)cc1OC. The molecule has 0 radical (unpaired) electrons. The monoisotopic (exact) mass is 418 g/mol. The highest BCUT2D eigenvalue weighted by Gasteiger charge is 2.06. The first-order valence-electron chi connectivity index (χ1n) is 9.64. The van der Waals surface area contributed by atoms with Crippen LogP contribution in [0.15, 0.2) is 47.6 Å². The van der Waals surface area contributed by atoms with Gasteiger partial charge in [-0.15, -0.1) is 0 Å². The smallest absolute Gasteiger partial charge is 0.277 e. The van der Waals surface area contributed by atoms with Crippen molar-refractivity contribution < 1.29 is 19.0 Å². The Morgan fingerprint density at radius 3 is 2.66 bits per heavy atom. The fraction of sp³-hybridized carbons (Fsp3) is 0.364. The van der Waals surface area contributed by atoms with Crippen molar-refractivity contribution in [2.75, 3.05) is 20.3 Å². The number of carbonyl (C=O) groups is 1. The molecular formula is C22H27ClN2O4. The Labute approximate surface area is 176 Å². The third-order valence-corrected chi connectivity index (χ3v) is 4.35. The molecule has 0 bridgehead atoms. The van der Waals surface area contributed by atoms with Gasteiger partial charge >= 0.3 is 0 Å². The maximum absolute atomic E-state index is 11.9. The molecule has 0 saturated heterocycles. The van der Waals surface area contributed by atoms with Crippen molar-refractivity contribution in [1.82, 2.24) is 5.43 Å². The van der Waals surface area contributed by atoms with Crippen molar-refractivity contribution in [2.24, 2.45) is 5.10 Å². The van der Waals surface area contributed by atoms with Crippen LogP contribution in [0, 0.1) is 0 Å². The van der Waals surface area contributed by atoms with Crippen molar-refractivity contribution in [2.45, 2.75) is 32.6 Å². The van der Waals surface area contributed by atoms with Gasteiger partial charge in [0.25, 0.3) is 5.91 Å². The van der Waals surface area contributed by atoms with Gasteiger partial charge in [0.05, 0.1) is 25.0 Å². The molecule has 0 heterocycles. The first kappa shape index (κ1) is 22.6. The fourth-order valence-electron chi connectivity index (χ4n) is 2.51. The topological polar surface area (TPSA) is 69.2 Å². The first-order valence-corrected chi connectivity index (χ1v) is 10.0. The Balaban J connectivity index is 1.81. The zero-order valence-electron chi connectivity index (χ0n) is 16.8. The number of amides is 1. The maximum atomic E-state index is 11.9. The lowest BCUT2D eigenvalue weighted by atomic mass is 10.2. The van der Waals surface area contributed by atoms with Crippen molar-refractivity contribution in [1.29, 1.82) is 0 Å². The van der Waals surface area contributed by atoms with E-state index in [1.165, 1.54) is 19.1 Å². The molecule has 1 amide bonds. The van der Waals surface area contributed by atoms with Crippen LogP contribution in [0.5, 0.6) is 17.2 Å². The van der Waals surface area contributed by atoms with Crippen molar-refractivity contribution in [3.05, 3.63) is 53.1 Å². The van der Waals surface area contributed by atoms with Crippen LogP contribution in [0.3, 0.4) is 0 Å². The predicted molar refractivity (Wildman–Crippen MR) is 115 cm³/mol. The number of nitrogens with one attached hydrogen (secondary N) is 1. The largest absolute Gasteiger partial charge is 0.493 e. The molecule has 0 spiro atoms. The number of halogens is 1. The lowest BCUT2D eigenvalue weighted by Crippen LogP contribution is -2.24. The third-order valence-electron chi connectivity index (χ3n) is 4.04. The van der Waals surface area contributed by atoms with Crippen LogP contribution in [-0.2, 0) is 4.79 Å². The molecule has 2 rings (SSSR count). The second kappa shape index (κ2) is 12.7. The Bertz CT molecular complexity index is 811. The summed E-state index contributed by atoms with van der Waals surface area (Å²) in [4.78, 5) is 11.9. The number of ether oxygens (including phenoxy) is 3. The quantitative estimate of drug-likeness (QED) is 0.304. The van der Waals surface area contributed by atoms with E-state index in [9.17, 15) is 4.79 Å². The van der Waals surface area contributed by atoms with Crippen LogP contribution in [0.4, 0.5) is 0 Å². The van der Waals surface area contributed by atoms with E-state index in [-0.39, 0.29) is 12.5 Å². The van der Waals surface area contributed by atoms with E-state index in [0.717, 1.165) is 18.4 Å². The Morgan fingerprint density at radius 1 is 1.07 bits per heavy atom. The normalized spacial score (nSPS) is 10.7. The van der Waals surface area contributed by atoms with Gasteiger partial charge in [0.2, 0.25) is 0 Å². The number of hydrogen-bond donors (Lipinski definition) is 1. The van der Waals surface area contributed by atoms with Crippen LogP contribution >= 0.6 is 11.6 Å². The minimum absolute atomic E-state index is 0.185. The molecule has 2 aromatic carbocycles. The highest BCUT2D eigenvalue weighted by atomic mass is 35.5. The molecule has 0 aliphatic rings. The zero-order chi connectivity index (χ0) is 20.9. The third kappa shape index (κ3) is 8.03. The second-order valence-electron chi connectivity index (χ2n) is 6.33. The maximum Gasteiger partial charge on any atom is 0.277 e. The van der Waals surface area contributed by atoms with Crippen LogP contribution in [0.1, 0.15) is 38.2 Å². The Hall–Kier alpha value is -2.73. The summed E-state index contributed by atoms with van der Waals surface area (Å²) in [5.74, 6) is 1.37. The number of carbonyl (C=O) groups excluding carboxylic acids is 1. The van der Waals surface area contributed by atoms with Crippen molar-refractivity contribution >= 4 is 23.7 Å². The van der Waals surface area contributed by atoms with E-state index >= 15 is 0 Å². The molecule has 1 N–H and O–H groups in total. The lowest BCUT2D eigenvalue weighted by Gasteiger charge is -2.11. The highest BCUT2D eigenvalue weighted by Crippen LogP contribution is 2.28. The molecule has 0 atom stereocenters. The average Bonchev–Trinajstić information content (AvgIpc) is 2.73. The predicted octanol–water partition coefficient (Wildman–Crippen LogP) is 4.84. The molecule has 29 heavy (non-hydrogen) atoms. The molecule has 2 aromatic rings. The van der Waals surface area contributed by atoms with Crippen LogP contribution in [0.2, 0.25) is 5.02 Å². The van der Waals surface area contributed by atoms with Gasteiger partial charge in [-0.2, -0.15) is 5.10 Å². The molecule has 0 aromatic heterocycles. The number of rotatable bonds is 12. The van der Waals surface area contributed by atoms with Crippen molar-refractivity contribution in [3.8, 4) is 17.2 Å². The van der Waals surface area contributed by atoms with Gasteiger partial charge in [-0.3, -0.25) is 4.79 Å². The van der Waals surface area contributed by atoms with Crippen LogP contribution < -0.4 is 19.6 Å². The summed E-state index contributed by atoms with van der Waals surface area (Å²) in [7, 11) is 1.59. The molecule has 7 heteroatoms. The number of benzene rings is 2. The summed E-state index contributed by atoms with van der Waals surface area (Å²) < 4.78 is 16.5. The Morgan fingerprint density at radius 2 is 1.90 bits per heavy atom. The van der Waals surface area contributed by atoms with Gasteiger partial charge in [-0.1, -0.05) is 49.9 Å². The molecule has 0 aliphatic carbocycles. The number of para-hydroxylation sites is 1. The molecular weight excluding hydrogens is 392 g/mol. The molecule has 0 aliphatic heterocycles. The van der Waals surface area contributed by atoms with Crippen LogP contribution in [-0.4, -0.2) is 32.4 Å². The molecule has 156 valence electrons. The average molecular weight is 419 g/mol. The minimum atomic E-state index is -0.389. The first-order chi connectivity index (χ1) is 14.1. The molecule has 0 saturated carbocycles. The van der Waals surface area contributed by atoms with Gasteiger partial charge in [0.1, 0.15) is 5.75 Å². The number of methoxy groups -OCH3 is 1. The summed E-state index contributed by atoms with van der Waals surface area (Å²) in [6.07, 6.45) is 6.11. The number of unbranched alkanes of at least 4 members (excludes halogenated alkanes) is 3. The number of hydrogen-bond acceptors (Lipinski definition) is 5. The summed E-state index contributed by atoms with van der Waals surface area (Å²) in [5, 5.41) is 4.39. The molecule has 6 nitrogen and oxygen atoms in total. The second-order valence-corrected chi connectivity index (χ2v) is 6.74. The van der Waals surface area contributed by atoms with Crippen LogP contribution in [0.25, 0.3) is 0 Å². The zero-order valence-corrected chi connectivity index (χ0v) is 17.6. The van der Waals surface area contributed by atoms with Gasteiger partial charge in [0, 0.05) is 0 Å². The fourth-order valence-corrected chi connectivity index (χ4v) is 2.70. The van der Waals surface area contributed by atoms with E-state index < -0.39 is 0 Å². The van der Waals surface area contributed by atoms with Gasteiger partial charge < -0.3 is 14.2 Å². The van der Waals surface area contributed by atoms with E-state index in [1.54, 1.807) is 37.4 Å². The summed E-state index contributed by atoms with van der Waals surface area (Å²) >= 11 is 5.98. The lowest BCUT2D eigenvalue weighted by molar-refractivity contribution is -0.123. The van der Waals surface area contributed by atoms with Gasteiger partial charge in [0.15, 0.2) is 18.1 Å². The standard InChI is InChI=1S/C22H27ClN2O4/c1-3-4-5-8-13-28-20-12-11-17(14-21(20)27-2)15-24-25-22(26)16-29-19-10-7-6-9-18(19)23/h6-7,9-12,14-15H,3-5,8,13,16H2,1-2H3,(H,25,26)/b24-15+. The van der Waals surface area contributed by atoms with E-state index in [1.807, 2.05) is 12.1 Å². The highest BCUT2D eigenvalue weighted by molar-refractivity contribution is 6.32. The van der Waals surface area contributed by atoms with E-state index in [4.69, 9.17) is 25.8 Å². The van der Waals surface area contributed by atoms with Crippen molar-refractivity contribution in [3.63, 3.8) is 0 Å². The van der Waals surface area contributed by atoms with E-state index in [0.29, 0.717) is 28.9 Å².